The second-order valence-electron chi connectivity index (χ2n) is 5.86. The Morgan fingerprint density at radius 3 is 2.74 bits per heavy atom. The van der Waals surface area contributed by atoms with Gasteiger partial charge in [0.05, 0.1) is 5.39 Å². The number of hydrogen-bond donors (Lipinski definition) is 2. The molecule has 1 aliphatic heterocycles. The third-order valence-electron chi connectivity index (χ3n) is 4.22. The maximum Gasteiger partial charge on any atom is 0.242 e. The van der Waals surface area contributed by atoms with Crippen molar-refractivity contribution in [2.45, 2.75) is 4.90 Å². The predicted octanol–water partition coefficient (Wildman–Crippen LogP) is 0.833. The number of aromatic nitrogens is 1. The molecule has 1 aromatic heterocycles. The Labute approximate surface area is 135 Å². The Bertz CT molecular complexity index is 782. The molecule has 6 nitrogen and oxygen atoms in total. The van der Waals surface area contributed by atoms with Gasteiger partial charge in [0, 0.05) is 51.0 Å². The summed E-state index contributed by atoms with van der Waals surface area (Å²) >= 11 is 0. The van der Waals surface area contributed by atoms with E-state index < -0.39 is 15.8 Å². The molecule has 0 amide bonds. The summed E-state index contributed by atoms with van der Waals surface area (Å²) in [5, 5.41) is 0.111. The first kappa shape index (κ1) is 16.4. The van der Waals surface area contributed by atoms with Crippen molar-refractivity contribution in [2.75, 3.05) is 46.3 Å². The number of nitrogens with one attached hydrogen (secondary N) is 2. The summed E-state index contributed by atoms with van der Waals surface area (Å²) < 4.78 is 41.4. The Balaban J connectivity index is 1.67. The molecule has 23 heavy (non-hydrogen) atoms. The van der Waals surface area contributed by atoms with Crippen molar-refractivity contribution >= 4 is 20.9 Å². The van der Waals surface area contributed by atoms with Crippen molar-refractivity contribution in [3.8, 4) is 0 Å². The molecule has 1 aliphatic rings. The summed E-state index contributed by atoms with van der Waals surface area (Å²) in [5.74, 6) is -0.539. The lowest BCUT2D eigenvalue weighted by molar-refractivity contribution is 0.156. The van der Waals surface area contributed by atoms with Gasteiger partial charge in [-0.2, -0.15) is 0 Å². The number of H-pyrrole nitrogens is 1. The molecule has 126 valence electrons. The van der Waals surface area contributed by atoms with Crippen LogP contribution >= 0.6 is 0 Å². The molecule has 0 spiro atoms. The van der Waals surface area contributed by atoms with Crippen LogP contribution in [-0.2, 0) is 10.0 Å². The van der Waals surface area contributed by atoms with Crippen LogP contribution < -0.4 is 4.72 Å². The highest BCUT2D eigenvalue weighted by atomic mass is 32.2. The van der Waals surface area contributed by atoms with Crippen LogP contribution in [0.5, 0.6) is 0 Å². The van der Waals surface area contributed by atoms with Gasteiger partial charge < -0.3 is 9.88 Å². The van der Waals surface area contributed by atoms with Gasteiger partial charge in [0.15, 0.2) is 0 Å². The largest absolute Gasteiger partial charge is 0.360 e. The van der Waals surface area contributed by atoms with Crippen LogP contribution in [0.4, 0.5) is 4.39 Å². The molecule has 0 radical (unpaired) electrons. The fourth-order valence-electron chi connectivity index (χ4n) is 2.81. The number of benzene rings is 1. The molecule has 0 saturated carbocycles. The Morgan fingerprint density at radius 2 is 2.00 bits per heavy atom. The minimum absolute atomic E-state index is 0.0380. The zero-order valence-corrected chi connectivity index (χ0v) is 13.9. The fraction of sp³-hybridized carbons (Fsp3) is 0.467. The monoisotopic (exact) mass is 340 g/mol. The molecule has 0 aliphatic carbocycles. The third-order valence-corrected chi connectivity index (χ3v) is 5.71. The lowest BCUT2D eigenvalue weighted by atomic mass is 10.2. The maximum atomic E-state index is 13.9. The van der Waals surface area contributed by atoms with Crippen LogP contribution in [0, 0.1) is 5.82 Å². The van der Waals surface area contributed by atoms with Crippen LogP contribution in [0.25, 0.3) is 10.9 Å². The molecule has 1 fully saturated rings. The number of piperazine rings is 1. The predicted molar refractivity (Wildman–Crippen MR) is 87.4 cm³/mol. The van der Waals surface area contributed by atoms with Gasteiger partial charge in [0.2, 0.25) is 10.0 Å². The first-order valence-electron chi connectivity index (χ1n) is 7.63. The molecule has 0 unspecified atom stereocenters. The van der Waals surface area contributed by atoms with E-state index in [1.54, 1.807) is 12.1 Å². The molecular weight excluding hydrogens is 319 g/mol. The molecule has 0 atom stereocenters. The molecule has 8 heteroatoms. The fourth-order valence-corrected chi connectivity index (χ4v) is 4.02. The first-order valence-corrected chi connectivity index (χ1v) is 9.12. The summed E-state index contributed by atoms with van der Waals surface area (Å²) in [6.45, 7) is 4.80. The summed E-state index contributed by atoms with van der Waals surface area (Å²) in [5.41, 5.74) is 0.476. The standard InChI is InChI=1S/C15H21FN4O2S/c1-19-7-9-20(10-8-19)6-5-18-23(21,22)14-11-17-13-4-2-3-12(16)15(13)14/h2-4,11,17-18H,5-10H2,1H3. The summed E-state index contributed by atoms with van der Waals surface area (Å²) in [4.78, 5) is 7.23. The van der Waals surface area contributed by atoms with Crippen molar-refractivity contribution < 1.29 is 12.8 Å². The van der Waals surface area contributed by atoms with E-state index in [1.807, 2.05) is 0 Å². The van der Waals surface area contributed by atoms with Crippen LogP contribution in [-0.4, -0.2) is 69.5 Å². The van der Waals surface area contributed by atoms with Gasteiger partial charge in [0.1, 0.15) is 10.7 Å². The topological polar surface area (TPSA) is 68.4 Å². The van der Waals surface area contributed by atoms with Gasteiger partial charge in [-0.15, -0.1) is 0 Å². The minimum Gasteiger partial charge on any atom is -0.360 e. The number of aromatic amines is 1. The number of rotatable bonds is 5. The lowest BCUT2D eigenvalue weighted by Crippen LogP contribution is -2.46. The van der Waals surface area contributed by atoms with E-state index in [-0.39, 0.29) is 10.3 Å². The number of halogens is 1. The van der Waals surface area contributed by atoms with Gasteiger partial charge in [-0.25, -0.2) is 17.5 Å². The Morgan fingerprint density at radius 1 is 1.26 bits per heavy atom. The van der Waals surface area contributed by atoms with E-state index in [9.17, 15) is 12.8 Å². The molecule has 0 bridgehead atoms. The van der Waals surface area contributed by atoms with Crippen LogP contribution in [0.2, 0.25) is 0 Å². The Hall–Kier alpha value is -1.48. The number of fused-ring (bicyclic) bond motifs is 1. The average molecular weight is 340 g/mol. The van der Waals surface area contributed by atoms with Gasteiger partial charge in [-0.05, 0) is 19.2 Å². The van der Waals surface area contributed by atoms with Gasteiger partial charge in [-0.1, -0.05) is 6.07 Å². The van der Waals surface area contributed by atoms with Gasteiger partial charge >= 0.3 is 0 Å². The smallest absolute Gasteiger partial charge is 0.242 e. The van der Waals surface area contributed by atoms with Gasteiger partial charge in [-0.3, -0.25) is 4.90 Å². The second-order valence-corrected chi connectivity index (χ2v) is 7.59. The summed E-state index contributed by atoms with van der Waals surface area (Å²) in [6, 6.07) is 4.46. The Kier molecular flexibility index (Phi) is 4.67. The number of sulfonamides is 1. The van der Waals surface area contributed by atoms with E-state index in [1.165, 1.54) is 12.3 Å². The minimum atomic E-state index is -3.74. The number of hydrogen-bond acceptors (Lipinski definition) is 4. The lowest BCUT2D eigenvalue weighted by Gasteiger charge is -2.32. The zero-order chi connectivity index (χ0) is 16.4. The number of likely N-dealkylation sites (N-methyl/N-ethyl adjacent to an activating group) is 1. The second kappa shape index (κ2) is 6.56. The van der Waals surface area contributed by atoms with Crippen LogP contribution in [0.15, 0.2) is 29.3 Å². The van der Waals surface area contributed by atoms with E-state index in [0.29, 0.717) is 18.6 Å². The van der Waals surface area contributed by atoms with E-state index in [2.05, 4.69) is 26.6 Å². The SMILES string of the molecule is CN1CCN(CCNS(=O)(=O)c2c[nH]c3cccc(F)c23)CC1. The molecule has 2 N–H and O–H groups in total. The molecule has 2 heterocycles. The first-order chi connectivity index (χ1) is 11.0. The van der Waals surface area contributed by atoms with E-state index >= 15 is 0 Å². The molecular formula is C15H21FN4O2S. The third kappa shape index (κ3) is 3.55. The van der Waals surface area contributed by atoms with Crippen molar-refractivity contribution in [2.24, 2.45) is 0 Å². The normalized spacial score (nSPS) is 17.8. The van der Waals surface area contributed by atoms with E-state index in [4.69, 9.17) is 0 Å². The highest BCUT2D eigenvalue weighted by molar-refractivity contribution is 7.89. The summed E-state index contributed by atoms with van der Waals surface area (Å²) in [6.07, 6.45) is 1.34. The highest BCUT2D eigenvalue weighted by Crippen LogP contribution is 2.25. The zero-order valence-electron chi connectivity index (χ0n) is 13.0. The quantitative estimate of drug-likeness (QED) is 0.846. The average Bonchev–Trinajstić information content (AvgIpc) is 2.95. The van der Waals surface area contributed by atoms with Crippen molar-refractivity contribution in [1.82, 2.24) is 19.5 Å². The number of nitrogens with zero attached hydrogens (tertiary/aromatic N) is 2. The van der Waals surface area contributed by atoms with Gasteiger partial charge in [0.25, 0.3) is 0 Å². The maximum absolute atomic E-state index is 13.9. The molecule has 3 rings (SSSR count). The molecule has 1 aromatic carbocycles. The van der Waals surface area contributed by atoms with E-state index in [0.717, 1.165) is 26.2 Å². The molecule has 2 aromatic rings. The van der Waals surface area contributed by atoms with Crippen molar-refractivity contribution in [3.05, 3.63) is 30.2 Å². The van der Waals surface area contributed by atoms with Crippen LogP contribution in [0.1, 0.15) is 0 Å². The van der Waals surface area contributed by atoms with Crippen molar-refractivity contribution in [3.63, 3.8) is 0 Å². The van der Waals surface area contributed by atoms with Crippen molar-refractivity contribution in [1.29, 1.82) is 0 Å². The highest BCUT2D eigenvalue weighted by Gasteiger charge is 2.21. The molecule has 1 saturated heterocycles. The van der Waals surface area contributed by atoms with Crippen LogP contribution in [0.3, 0.4) is 0 Å². The summed E-state index contributed by atoms with van der Waals surface area (Å²) in [7, 11) is -1.66.